The number of hydrogen-bond acceptors (Lipinski definition) is 4. The molecule has 0 aliphatic carbocycles. The third-order valence-corrected chi connectivity index (χ3v) is 4.02. The molecule has 0 saturated heterocycles. The van der Waals surface area contributed by atoms with E-state index in [4.69, 9.17) is 9.47 Å². The largest absolute Gasteiger partial charge is 0.454 e. The van der Waals surface area contributed by atoms with Gasteiger partial charge in [0.05, 0.1) is 11.0 Å². The highest BCUT2D eigenvalue weighted by molar-refractivity contribution is 5.97. The van der Waals surface area contributed by atoms with E-state index in [1.54, 1.807) is 6.07 Å². The molecule has 0 saturated carbocycles. The Balaban J connectivity index is 1.47. The molecule has 4 rings (SSSR count). The summed E-state index contributed by atoms with van der Waals surface area (Å²) < 4.78 is 10.6. The number of H-pyrrole nitrogens is 1. The molecule has 1 aliphatic heterocycles. The van der Waals surface area contributed by atoms with Gasteiger partial charge in [0, 0.05) is 18.5 Å². The van der Waals surface area contributed by atoms with E-state index in [-0.39, 0.29) is 12.7 Å². The molecule has 0 spiro atoms. The Labute approximate surface area is 138 Å². The first-order chi connectivity index (χ1) is 11.7. The Morgan fingerprint density at radius 2 is 2.08 bits per heavy atom. The standard InChI is InChI=1S/C18H17N3O3/c1-2-17-20-13-5-4-12(8-14(13)21-17)18(22)19-9-11-3-6-15-16(7-11)24-10-23-15/h3-8H,2,9-10H2,1H3,(H,19,22)(H,20,21). The van der Waals surface area contributed by atoms with Crippen LogP contribution in [0, 0.1) is 0 Å². The maximum absolute atomic E-state index is 12.4. The SMILES string of the molecule is CCc1nc2ccc(C(=O)NCc3ccc4c(c3)OCO4)cc2[nH]1. The van der Waals surface area contributed by atoms with Crippen molar-refractivity contribution in [2.75, 3.05) is 6.79 Å². The summed E-state index contributed by atoms with van der Waals surface area (Å²) in [5.74, 6) is 2.25. The van der Waals surface area contributed by atoms with Crippen LogP contribution in [-0.2, 0) is 13.0 Å². The highest BCUT2D eigenvalue weighted by Gasteiger charge is 2.14. The molecular formula is C18H17N3O3. The summed E-state index contributed by atoms with van der Waals surface area (Å²) in [4.78, 5) is 20.0. The number of imidazole rings is 1. The summed E-state index contributed by atoms with van der Waals surface area (Å²) in [6.07, 6.45) is 0.834. The molecular weight excluding hydrogens is 306 g/mol. The molecule has 0 radical (unpaired) electrons. The fourth-order valence-corrected chi connectivity index (χ4v) is 2.71. The van der Waals surface area contributed by atoms with Crippen LogP contribution < -0.4 is 14.8 Å². The molecule has 0 atom stereocenters. The van der Waals surface area contributed by atoms with Crippen molar-refractivity contribution in [3.05, 3.63) is 53.3 Å². The number of aromatic nitrogens is 2. The van der Waals surface area contributed by atoms with Crippen LogP contribution in [0.5, 0.6) is 11.5 Å². The van der Waals surface area contributed by atoms with Crippen LogP contribution in [-0.4, -0.2) is 22.7 Å². The third-order valence-electron chi connectivity index (χ3n) is 4.02. The van der Waals surface area contributed by atoms with E-state index < -0.39 is 0 Å². The van der Waals surface area contributed by atoms with Gasteiger partial charge in [-0.1, -0.05) is 13.0 Å². The van der Waals surface area contributed by atoms with Crippen LogP contribution in [0.2, 0.25) is 0 Å². The smallest absolute Gasteiger partial charge is 0.251 e. The van der Waals surface area contributed by atoms with E-state index in [2.05, 4.69) is 15.3 Å². The van der Waals surface area contributed by atoms with Gasteiger partial charge in [0.2, 0.25) is 6.79 Å². The number of nitrogens with zero attached hydrogens (tertiary/aromatic N) is 1. The van der Waals surface area contributed by atoms with Gasteiger partial charge in [-0.25, -0.2) is 4.98 Å². The lowest BCUT2D eigenvalue weighted by molar-refractivity contribution is 0.0951. The van der Waals surface area contributed by atoms with Crippen LogP contribution in [0.1, 0.15) is 28.7 Å². The van der Waals surface area contributed by atoms with Crippen molar-refractivity contribution in [2.24, 2.45) is 0 Å². The Morgan fingerprint density at radius 1 is 1.21 bits per heavy atom. The molecule has 1 amide bonds. The fraction of sp³-hybridized carbons (Fsp3) is 0.222. The zero-order valence-electron chi connectivity index (χ0n) is 13.3. The second-order valence-corrected chi connectivity index (χ2v) is 5.64. The van der Waals surface area contributed by atoms with Crippen molar-refractivity contribution >= 4 is 16.9 Å². The maximum atomic E-state index is 12.4. The second kappa shape index (κ2) is 5.88. The predicted octanol–water partition coefficient (Wildman–Crippen LogP) is 2.78. The average molecular weight is 323 g/mol. The van der Waals surface area contributed by atoms with E-state index >= 15 is 0 Å². The molecule has 3 aromatic rings. The Hall–Kier alpha value is -3.02. The van der Waals surface area contributed by atoms with E-state index in [1.165, 1.54) is 0 Å². The molecule has 6 nitrogen and oxygen atoms in total. The highest BCUT2D eigenvalue weighted by Crippen LogP contribution is 2.32. The van der Waals surface area contributed by atoms with Gasteiger partial charge >= 0.3 is 0 Å². The van der Waals surface area contributed by atoms with Crippen molar-refractivity contribution in [1.82, 2.24) is 15.3 Å². The first-order valence-corrected chi connectivity index (χ1v) is 7.88. The van der Waals surface area contributed by atoms with Crippen LogP contribution in [0.3, 0.4) is 0 Å². The quantitative estimate of drug-likeness (QED) is 0.774. The van der Waals surface area contributed by atoms with Gasteiger partial charge in [0.25, 0.3) is 5.91 Å². The highest BCUT2D eigenvalue weighted by atomic mass is 16.7. The summed E-state index contributed by atoms with van der Waals surface area (Å²) in [6, 6.07) is 11.1. The van der Waals surface area contributed by atoms with E-state index in [0.29, 0.717) is 17.9 Å². The van der Waals surface area contributed by atoms with Crippen molar-refractivity contribution in [3.8, 4) is 11.5 Å². The summed E-state index contributed by atoms with van der Waals surface area (Å²) in [5.41, 5.74) is 3.32. The minimum Gasteiger partial charge on any atom is -0.454 e. The van der Waals surface area contributed by atoms with E-state index in [0.717, 1.165) is 34.6 Å². The van der Waals surface area contributed by atoms with Crippen LogP contribution in [0.15, 0.2) is 36.4 Å². The summed E-state index contributed by atoms with van der Waals surface area (Å²) in [5, 5.41) is 2.92. The molecule has 2 N–H and O–H groups in total. The lowest BCUT2D eigenvalue weighted by Crippen LogP contribution is -2.22. The first kappa shape index (κ1) is 14.6. The number of nitrogens with one attached hydrogen (secondary N) is 2. The molecule has 6 heteroatoms. The second-order valence-electron chi connectivity index (χ2n) is 5.64. The number of amides is 1. The number of carbonyl (C=O) groups excluding carboxylic acids is 1. The third kappa shape index (κ3) is 2.67. The Bertz CT molecular complexity index is 917. The topological polar surface area (TPSA) is 76.2 Å². The van der Waals surface area contributed by atoms with E-state index in [9.17, 15) is 4.79 Å². The van der Waals surface area contributed by atoms with Gasteiger partial charge in [-0.2, -0.15) is 0 Å². The van der Waals surface area contributed by atoms with Gasteiger partial charge in [-0.3, -0.25) is 4.79 Å². The summed E-state index contributed by atoms with van der Waals surface area (Å²) >= 11 is 0. The van der Waals surface area contributed by atoms with Crippen molar-refractivity contribution in [2.45, 2.75) is 19.9 Å². The molecule has 0 fully saturated rings. The van der Waals surface area contributed by atoms with Crippen LogP contribution >= 0.6 is 0 Å². The summed E-state index contributed by atoms with van der Waals surface area (Å²) in [6.45, 7) is 2.71. The van der Waals surface area contributed by atoms with Crippen molar-refractivity contribution in [3.63, 3.8) is 0 Å². The zero-order valence-corrected chi connectivity index (χ0v) is 13.3. The summed E-state index contributed by atoms with van der Waals surface area (Å²) in [7, 11) is 0. The van der Waals surface area contributed by atoms with Gasteiger partial charge in [-0.05, 0) is 35.9 Å². The number of aryl methyl sites for hydroxylation is 1. The molecule has 0 bridgehead atoms. The molecule has 0 unspecified atom stereocenters. The lowest BCUT2D eigenvalue weighted by atomic mass is 10.1. The van der Waals surface area contributed by atoms with E-state index in [1.807, 2.05) is 37.3 Å². The average Bonchev–Trinajstić information content (AvgIpc) is 3.24. The Morgan fingerprint density at radius 3 is 2.96 bits per heavy atom. The van der Waals surface area contributed by atoms with Crippen molar-refractivity contribution in [1.29, 1.82) is 0 Å². The number of carbonyl (C=O) groups is 1. The molecule has 24 heavy (non-hydrogen) atoms. The normalized spacial score (nSPS) is 12.5. The van der Waals surface area contributed by atoms with Gasteiger partial charge in [-0.15, -0.1) is 0 Å². The molecule has 1 aromatic heterocycles. The van der Waals surface area contributed by atoms with Gasteiger partial charge < -0.3 is 19.8 Å². The zero-order chi connectivity index (χ0) is 16.5. The van der Waals surface area contributed by atoms with Crippen LogP contribution in [0.4, 0.5) is 0 Å². The molecule has 2 aromatic carbocycles. The van der Waals surface area contributed by atoms with Crippen LogP contribution in [0.25, 0.3) is 11.0 Å². The molecule has 2 heterocycles. The fourth-order valence-electron chi connectivity index (χ4n) is 2.71. The van der Waals surface area contributed by atoms with Gasteiger partial charge in [0.15, 0.2) is 11.5 Å². The monoisotopic (exact) mass is 323 g/mol. The minimum atomic E-state index is -0.123. The minimum absolute atomic E-state index is 0.123. The molecule has 122 valence electrons. The first-order valence-electron chi connectivity index (χ1n) is 7.88. The maximum Gasteiger partial charge on any atom is 0.251 e. The van der Waals surface area contributed by atoms with Crippen molar-refractivity contribution < 1.29 is 14.3 Å². The number of aromatic amines is 1. The number of hydrogen-bond donors (Lipinski definition) is 2. The predicted molar refractivity (Wildman–Crippen MR) is 89.2 cm³/mol. The van der Waals surface area contributed by atoms with Gasteiger partial charge in [0.1, 0.15) is 5.82 Å². The number of benzene rings is 2. The lowest BCUT2D eigenvalue weighted by Gasteiger charge is -2.06. The Kier molecular flexibility index (Phi) is 3.57. The number of ether oxygens (including phenoxy) is 2. The molecule has 1 aliphatic rings. The number of rotatable bonds is 4. The number of fused-ring (bicyclic) bond motifs is 2.